The third-order valence-electron chi connectivity index (χ3n) is 4.44. The number of nitrogens with one attached hydrogen (secondary N) is 2. The van der Waals surface area contributed by atoms with Crippen LogP contribution in [0.2, 0.25) is 0 Å². The van der Waals surface area contributed by atoms with E-state index in [1.165, 1.54) is 11.6 Å². The van der Waals surface area contributed by atoms with E-state index in [9.17, 15) is 9.50 Å². The maximum atomic E-state index is 13.8. The van der Waals surface area contributed by atoms with Gasteiger partial charge in [0.2, 0.25) is 0 Å². The summed E-state index contributed by atoms with van der Waals surface area (Å²) in [4.78, 5) is 4.38. The second kappa shape index (κ2) is 10.4. The van der Waals surface area contributed by atoms with Gasteiger partial charge in [-0.05, 0) is 43.2 Å². The van der Waals surface area contributed by atoms with E-state index in [1.807, 2.05) is 36.0 Å². The lowest BCUT2D eigenvalue weighted by Crippen LogP contribution is -2.38. The number of rotatable bonds is 8. The summed E-state index contributed by atoms with van der Waals surface area (Å²) in [7, 11) is 0. The SMILES string of the molecule is CCNC(=NCC(O)c1ccccc1F)NCCc1ccc(-n2cccn2)cc1. The van der Waals surface area contributed by atoms with Gasteiger partial charge in [0.1, 0.15) is 11.9 Å². The molecule has 0 bridgehead atoms. The first-order valence-corrected chi connectivity index (χ1v) is 9.71. The number of hydrogen-bond donors (Lipinski definition) is 3. The van der Waals surface area contributed by atoms with Crippen LogP contribution in [0.25, 0.3) is 5.69 Å². The number of benzene rings is 2. The summed E-state index contributed by atoms with van der Waals surface area (Å²) < 4.78 is 15.6. The third-order valence-corrected chi connectivity index (χ3v) is 4.44. The van der Waals surface area contributed by atoms with Crippen molar-refractivity contribution in [3.63, 3.8) is 0 Å². The van der Waals surface area contributed by atoms with Gasteiger partial charge in [0.05, 0.1) is 12.2 Å². The molecule has 0 fully saturated rings. The van der Waals surface area contributed by atoms with Crippen LogP contribution in [0, 0.1) is 5.82 Å². The number of nitrogens with zero attached hydrogens (tertiary/aromatic N) is 3. The van der Waals surface area contributed by atoms with Crippen molar-refractivity contribution in [1.29, 1.82) is 0 Å². The van der Waals surface area contributed by atoms with Crippen LogP contribution < -0.4 is 10.6 Å². The number of aromatic nitrogens is 2. The maximum absolute atomic E-state index is 13.8. The summed E-state index contributed by atoms with van der Waals surface area (Å²) >= 11 is 0. The van der Waals surface area contributed by atoms with E-state index in [4.69, 9.17) is 0 Å². The van der Waals surface area contributed by atoms with Gasteiger partial charge in [-0.15, -0.1) is 0 Å². The Morgan fingerprint density at radius 3 is 2.62 bits per heavy atom. The Bertz CT molecular complexity index is 909. The smallest absolute Gasteiger partial charge is 0.191 e. The van der Waals surface area contributed by atoms with Gasteiger partial charge in [-0.3, -0.25) is 4.99 Å². The van der Waals surface area contributed by atoms with Gasteiger partial charge in [0, 0.05) is 31.0 Å². The molecule has 0 saturated heterocycles. The Labute approximate surface area is 170 Å². The number of halogens is 1. The fraction of sp³-hybridized carbons (Fsp3) is 0.273. The Hall–Kier alpha value is -3.19. The highest BCUT2D eigenvalue weighted by Gasteiger charge is 2.11. The Morgan fingerprint density at radius 1 is 1.14 bits per heavy atom. The molecule has 1 atom stereocenters. The molecule has 0 saturated carbocycles. The van der Waals surface area contributed by atoms with E-state index < -0.39 is 11.9 Å². The minimum atomic E-state index is -0.985. The highest BCUT2D eigenvalue weighted by Crippen LogP contribution is 2.16. The first-order valence-electron chi connectivity index (χ1n) is 9.71. The van der Waals surface area contributed by atoms with Crippen LogP contribution in [0.5, 0.6) is 0 Å². The molecule has 2 aromatic carbocycles. The second-order valence-electron chi connectivity index (χ2n) is 6.55. The van der Waals surface area contributed by atoms with Crippen LogP contribution >= 0.6 is 0 Å². The molecular weight excluding hydrogens is 369 g/mol. The van der Waals surface area contributed by atoms with Gasteiger partial charge in [0.15, 0.2) is 5.96 Å². The number of aliphatic hydroxyl groups excluding tert-OH is 1. The van der Waals surface area contributed by atoms with E-state index in [0.717, 1.165) is 12.1 Å². The summed E-state index contributed by atoms with van der Waals surface area (Å²) in [6, 6.07) is 16.3. The molecule has 0 aliphatic heterocycles. The molecule has 0 amide bonds. The van der Waals surface area contributed by atoms with Gasteiger partial charge in [-0.1, -0.05) is 30.3 Å². The lowest BCUT2D eigenvalue weighted by molar-refractivity contribution is 0.182. The Morgan fingerprint density at radius 2 is 1.93 bits per heavy atom. The van der Waals surface area contributed by atoms with Crippen molar-refractivity contribution in [2.24, 2.45) is 4.99 Å². The van der Waals surface area contributed by atoms with Crippen LogP contribution in [-0.2, 0) is 6.42 Å². The van der Waals surface area contributed by atoms with Crippen molar-refractivity contribution in [2.45, 2.75) is 19.4 Å². The molecular formula is C22H26FN5O. The topological polar surface area (TPSA) is 74.5 Å². The monoisotopic (exact) mass is 395 g/mol. The van der Waals surface area contributed by atoms with Gasteiger partial charge < -0.3 is 15.7 Å². The molecule has 0 aliphatic rings. The molecule has 3 rings (SSSR count). The summed E-state index contributed by atoms with van der Waals surface area (Å²) in [5.41, 5.74) is 2.46. The van der Waals surface area contributed by atoms with Crippen molar-refractivity contribution in [3.05, 3.63) is 83.9 Å². The van der Waals surface area contributed by atoms with Crippen molar-refractivity contribution in [1.82, 2.24) is 20.4 Å². The molecule has 152 valence electrons. The normalized spacial score (nSPS) is 12.6. The minimum absolute atomic E-state index is 0.0782. The molecule has 7 heteroatoms. The van der Waals surface area contributed by atoms with Crippen molar-refractivity contribution in [2.75, 3.05) is 19.6 Å². The fourth-order valence-corrected chi connectivity index (χ4v) is 2.93. The zero-order chi connectivity index (χ0) is 20.5. The standard InChI is InChI=1S/C22H26FN5O/c1-2-24-22(26-16-21(29)19-6-3-4-7-20(19)23)25-14-12-17-8-10-18(11-9-17)28-15-5-13-27-28/h3-11,13,15,21,29H,2,12,14,16H2,1H3,(H2,24,25,26). The molecule has 0 spiro atoms. The average Bonchev–Trinajstić information content (AvgIpc) is 3.27. The molecule has 0 radical (unpaired) electrons. The molecule has 1 unspecified atom stereocenters. The van der Waals surface area contributed by atoms with Gasteiger partial charge in [-0.25, -0.2) is 9.07 Å². The second-order valence-corrected chi connectivity index (χ2v) is 6.55. The van der Waals surface area contributed by atoms with Crippen LogP contribution in [0.3, 0.4) is 0 Å². The number of aliphatic hydroxyl groups is 1. The highest BCUT2D eigenvalue weighted by atomic mass is 19.1. The Balaban J connectivity index is 1.52. The van der Waals surface area contributed by atoms with E-state index in [2.05, 4.69) is 32.9 Å². The first kappa shape index (κ1) is 20.5. The molecule has 0 aliphatic carbocycles. The van der Waals surface area contributed by atoms with Crippen molar-refractivity contribution < 1.29 is 9.50 Å². The predicted octanol–water partition coefficient (Wildman–Crippen LogP) is 2.84. The first-order chi connectivity index (χ1) is 14.2. The third kappa shape index (κ3) is 5.89. The van der Waals surface area contributed by atoms with E-state index in [0.29, 0.717) is 19.0 Å². The molecule has 1 heterocycles. The summed E-state index contributed by atoms with van der Waals surface area (Å²) in [5.74, 6) is 0.169. The number of aliphatic imine (C=N–C) groups is 1. The largest absolute Gasteiger partial charge is 0.386 e. The van der Waals surface area contributed by atoms with Crippen LogP contribution in [0.15, 0.2) is 72.0 Å². The quantitative estimate of drug-likeness (QED) is 0.405. The zero-order valence-corrected chi connectivity index (χ0v) is 16.4. The lowest BCUT2D eigenvalue weighted by Gasteiger charge is -2.14. The van der Waals surface area contributed by atoms with E-state index in [1.54, 1.807) is 24.4 Å². The molecule has 3 N–H and O–H groups in total. The van der Waals surface area contributed by atoms with Crippen molar-refractivity contribution >= 4 is 5.96 Å². The van der Waals surface area contributed by atoms with E-state index >= 15 is 0 Å². The average molecular weight is 395 g/mol. The van der Waals surface area contributed by atoms with Gasteiger partial charge in [-0.2, -0.15) is 5.10 Å². The highest BCUT2D eigenvalue weighted by molar-refractivity contribution is 5.79. The van der Waals surface area contributed by atoms with Gasteiger partial charge >= 0.3 is 0 Å². The number of hydrogen-bond acceptors (Lipinski definition) is 3. The summed E-state index contributed by atoms with van der Waals surface area (Å²) in [6.07, 6.45) is 3.50. The molecule has 6 nitrogen and oxygen atoms in total. The molecule has 1 aromatic heterocycles. The molecule has 3 aromatic rings. The van der Waals surface area contributed by atoms with Crippen LogP contribution in [0.4, 0.5) is 4.39 Å². The predicted molar refractivity (Wildman–Crippen MR) is 113 cm³/mol. The summed E-state index contributed by atoms with van der Waals surface area (Å²) in [5, 5.41) is 20.8. The Kier molecular flexibility index (Phi) is 7.35. The van der Waals surface area contributed by atoms with Crippen LogP contribution in [-0.4, -0.2) is 40.5 Å². The summed E-state index contributed by atoms with van der Waals surface area (Å²) in [6.45, 7) is 3.43. The maximum Gasteiger partial charge on any atom is 0.191 e. The van der Waals surface area contributed by atoms with Gasteiger partial charge in [0.25, 0.3) is 0 Å². The zero-order valence-electron chi connectivity index (χ0n) is 16.4. The van der Waals surface area contributed by atoms with Crippen LogP contribution in [0.1, 0.15) is 24.2 Å². The lowest BCUT2D eigenvalue weighted by atomic mass is 10.1. The fourth-order valence-electron chi connectivity index (χ4n) is 2.93. The van der Waals surface area contributed by atoms with Crippen molar-refractivity contribution in [3.8, 4) is 5.69 Å². The minimum Gasteiger partial charge on any atom is -0.386 e. The molecule has 29 heavy (non-hydrogen) atoms. The van der Waals surface area contributed by atoms with E-state index in [-0.39, 0.29) is 12.1 Å². The number of guanidine groups is 1.